The molecule has 0 radical (unpaired) electrons. The van der Waals surface area contributed by atoms with Crippen molar-refractivity contribution < 1.29 is 4.79 Å². The van der Waals surface area contributed by atoms with Crippen LogP contribution in [0.1, 0.15) is 53.3 Å². The second-order valence-corrected chi connectivity index (χ2v) is 9.68. The second kappa shape index (κ2) is 8.09. The van der Waals surface area contributed by atoms with Gasteiger partial charge in [0.05, 0.1) is 29.1 Å². The van der Waals surface area contributed by atoms with Crippen molar-refractivity contribution in [1.82, 2.24) is 29.0 Å². The van der Waals surface area contributed by atoms with E-state index in [9.17, 15) is 4.79 Å². The summed E-state index contributed by atoms with van der Waals surface area (Å²) >= 11 is 0. The number of imidazole rings is 1. The first-order valence-corrected chi connectivity index (χ1v) is 12.1. The van der Waals surface area contributed by atoms with Crippen LogP contribution in [-0.2, 0) is 7.05 Å². The van der Waals surface area contributed by atoms with E-state index in [4.69, 9.17) is 15.8 Å². The van der Waals surface area contributed by atoms with E-state index in [0.29, 0.717) is 5.56 Å². The number of fused-ring (bicyclic) bond motifs is 2. The van der Waals surface area contributed by atoms with E-state index in [1.807, 2.05) is 51.5 Å². The maximum absolute atomic E-state index is 13.6. The lowest BCUT2D eigenvalue weighted by atomic mass is 9.98. The fourth-order valence-electron chi connectivity index (χ4n) is 5.40. The summed E-state index contributed by atoms with van der Waals surface area (Å²) in [4.78, 5) is 27.2. The summed E-state index contributed by atoms with van der Waals surface area (Å²) in [6.07, 6.45) is 7.77. The van der Waals surface area contributed by atoms with Crippen LogP contribution in [0.25, 0.3) is 16.7 Å². The number of carbonyl (C=O) groups is 1. The van der Waals surface area contributed by atoms with Crippen LogP contribution in [0.5, 0.6) is 0 Å². The molecule has 2 aliphatic heterocycles. The smallest absolute Gasteiger partial charge is 0.254 e. The van der Waals surface area contributed by atoms with Crippen LogP contribution in [0.3, 0.4) is 0 Å². The molecular weight excluding hydrogens is 428 g/mol. The minimum Gasteiger partial charge on any atom is -0.355 e. The van der Waals surface area contributed by atoms with Crippen LogP contribution in [-0.4, -0.2) is 60.6 Å². The number of hydrogen-bond donors (Lipinski definition) is 1. The van der Waals surface area contributed by atoms with Gasteiger partial charge in [0, 0.05) is 56.1 Å². The summed E-state index contributed by atoms with van der Waals surface area (Å²) in [7, 11) is 1.96. The molecule has 0 bridgehead atoms. The van der Waals surface area contributed by atoms with E-state index < -0.39 is 0 Å². The van der Waals surface area contributed by atoms with Crippen molar-refractivity contribution in [2.45, 2.75) is 44.7 Å². The topological polar surface area (TPSA) is 97.6 Å². The number of aryl methyl sites for hydroxylation is 2. The minimum absolute atomic E-state index is 0.0326. The van der Waals surface area contributed by atoms with Crippen molar-refractivity contribution >= 4 is 28.4 Å². The molecule has 2 aliphatic rings. The first-order chi connectivity index (χ1) is 16.5. The lowest BCUT2D eigenvalue weighted by molar-refractivity contribution is 0.0606. The number of nitrogens with two attached hydrogens (primary N) is 1. The maximum Gasteiger partial charge on any atom is 0.254 e. The largest absolute Gasteiger partial charge is 0.355 e. The number of carbonyl (C=O) groups excluding carboxylic acids is 1. The summed E-state index contributed by atoms with van der Waals surface area (Å²) in [5.74, 6) is 1.01. The molecule has 3 aromatic heterocycles. The molecule has 34 heavy (non-hydrogen) atoms. The summed E-state index contributed by atoms with van der Waals surface area (Å²) in [6.45, 7) is 4.55. The third-order valence-electron chi connectivity index (χ3n) is 7.23. The van der Waals surface area contributed by atoms with E-state index in [1.54, 1.807) is 6.33 Å². The highest BCUT2D eigenvalue weighted by Crippen LogP contribution is 2.33. The molecule has 9 heteroatoms. The van der Waals surface area contributed by atoms with E-state index in [1.165, 1.54) is 0 Å². The Bertz CT molecular complexity index is 1390. The Morgan fingerprint density at radius 2 is 2.03 bits per heavy atom. The van der Waals surface area contributed by atoms with Crippen LogP contribution in [0.2, 0.25) is 0 Å². The molecule has 4 aromatic rings. The molecule has 2 atom stereocenters. The quantitative estimate of drug-likeness (QED) is 0.507. The van der Waals surface area contributed by atoms with Crippen LogP contribution < -0.4 is 10.6 Å². The molecule has 0 unspecified atom stereocenters. The standard InChI is InChI=1S/C25H30N8O/c1-16-13-33-23(28-24(16)31-10-8-18(26)14-31)12-20(29-33)22-5-3-4-9-32(22)25(34)17-6-7-21-19(11-17)27-15-30(21)2/h6-7,11-13,15,18,22H,3-5,8-10,14,26H2,1-2H3/t18-,22-/m0/s1. The van der Waals surface area contributed by atoms with E-state index in [2.05, 4.69) is 16.8 Å². The minimum atomic E-state index is -0.0636. The predicted molar refractivity (Wildman–Crippen MR) is 131 cm³/mol. The molecule has 176 valence electrons. The Hall–Kier alpha value is -3.46. The molecule has 5 heterocycles. The highest BCUT2D eigenvalue weighted by molar-refractivity contribution is 5.97. The average molecular weight is 459 g/mol. The van der Waals surface area contributed by atoms with Gasteiger partial charge in [-0.3, -0.25) is 4.79 Å². The lowest BCUT2D eigenvalue weighted by Gasteiger charge is -2.34. The number of hydrogen-bond acceptors (Lipinski definition) is 6. The number of likely N-dealkylation sites (tertiary alicyclic amines) is 1. The van der Waals surface area contributed by atoms with Crippen LogP contribution in [0.15, 0.2) is 36.8 Å². The molecule has 1 aromatic carbocycles. The second-order valence-electron chi connectivity index (χ2n) is 9.68. The zero-order valence-corrected chi connectivity index (χ0v) is 19.7. The van der Waals surface area contributed by atoms with E-state index >= 15 is 0 Å². The zero-order chi connectivity index (χ0) is 23.4. The third-order valence-corrected chi connectivity index (χ3v) is 7.23. The highest BCUT2D eigenvalue weighted by atomic mass is 16.2. The number of benzene rings is 1. The monoisotopic (exact) mass is 458 g/mol. The van der Waals surface area contributed by atoms with Crippen molar-refractivity contribution in [3.63, 3.8) is 0 Å². The average Bonchev–Trinajstić information content (AvgIpc) is 3.56. The molecule has 2 saturated heterocycles. The van der Waals surface area contributed by atoms with E-state index in [0.717, 1.165) is 79.1 Å². The molecule has 2 N–H and O–H groups in total. The van der Waals surface area contributed by atoms with Crippen molar-refractivity contribution in [3.8, 4) is 0 Å². The van der Waals surface area contributed by atoms with Gasteiger partial charge in [-0.15, -0.1) is 0 Å². The van der Waals surface area contributed by atoms with Crippen LogP contribution >= 0.6 is 0 Å². The molecule has 6 rings (SSSR count). The van der Waals surface area contributed by atoms with Gasteiger partial charge in [0.15, 0.2) is 5.65 Å². The van der Waals surface area contributed by atoms with Crippen LogP contribution in [0.4, 0.5) is 5.82 Å². The van der Waals surface area contributed by atoms with Gasteiger partial charge in [-0.2, -0.15) is 5.10 Å². The molecule has 0 aliphatic carbocycles. The Kier molecular flexibility index (Phi) is 5.02. The van der Waals surface area contributed by atoms with Crippen molar-refractivity contribution in [3.05, 3.63) is 53.6 Å². The van der Waals surface area contributed by atoms with E-state index in [-0.39, 0.29) is 18.0 Å². The number of anilines is 1. The number of nitrogens with zero attached hydrogens (tertiary/aromatic N) is 7. The zero-order valence-electron chi connectivity index (χ0n) is 19.7. The first kappa shape index (κ1) is 21.1. The maximum atomic E-state index is 13.6. The Labute approximate surface area is 198 Å². The normalized spacial score (nSPS) is 21.1. The summed E-state index contributed by atoms with van der Waals surface area (Å²) in [6, 6.07) is 7.94. The third kappa shape index (κ3) is 3.51. The van der Waals surface area contributed by atoms with Gasteiger partial charge < -0.3 is 20.1 Å². The van der Waals surface area contributed by atoms with Gasteiger partial charge in [0.2, 0.25) is 0 Å². The number of piperidine rings is 1. The van der Waals surface area contributed by atoms with Gasteiger partial charge in [-0.1, -0.05) is 0 Å². The van der Waals surface area contributed by atoms with Crippen molar-refractivity contribution in [1.29, 1.82) is 0 Å². The first-order valence-electron chi connectivity index (χ1n) is 12.1. The Balaban J connectivity index is 1.32. The predicted octanol–water partition coefficient (Wildman–Crippen LogP) is 2.83. The fourth-order valence-corrected chi connectivity index (χ4v) is 5.40. The number of amides is 1. The molecule has 0 saturated carbocycles. The molecule has 1 amide bonds. The number of aromatic nitrogens is 5. The Morgan fingerprint density at radius 3 is 2.85 bits per heavy atom. The fraction of sp³-hybridized carbons (Fsp3) is 0.440. The molecule has 0 spiro atoms. The van der Waals surface area contributed by atoms with Crippen molar-refractivity contribution in [2.24, 2.45) is 12.8 Å². The molecule has 9 nitrogen and oxygen atoms in total. The highest BCUT2D eigenvalue weighted by Gasteiger charge is 2.31. The summed E-state index contributed by atoms with van der Waals surface area (Å²) in [5, 5.41) is 4.86. The molecular formula is C25H30N8O. The van der Waals surface area contributed by atoms with Gasteiger partial charge in [0.25, 0.3) is 5.91 Å². The van der Waals surface area contributed by atoms with Crippen LogP contribution in [0, 0.1) is 6.92 Å². The summed E-state index contributed by atoms with van der Waals surface area (Å²) in [5.41, 5.74) is 11.4. The van der Waals surface area contributed by atoms with Gasteiger partial charge >= 0.3 is 0 Å². The Morgan fingerprint density at radius 1 is 1.15 bits per heavy atom. The van der Waals surface area contributed by atoms with Gasteiger partial charge in [0.1, 0.15) is 5.82 Å². The van der Waals surface area contributed by atoms with Crippen molar-refractivity contribution in [2.75, 3.05) is 24.5 Å². The van der Waals surface area contributed by atoms with Gasteiger partial charge in [-0.25, -0.2) is 14.5 Å². The number of rotatable bonds is 3. The van der Waals surface area contributed by atoms with Gasteiger partial charge in [-0.05, 0) is 50.8 Å². The summed E-state index contributed by atoms with van der Waals surface area (Å²) < 4.78 is 3.81. The SMILES string of the molecule is Cc1cn2nc([C@@H]3CCCCN3C(=O)c3ccc4c(c3)ncn4C)cc2nc1N1CC[C@H](N)C1. The molecule has 2 fully saturated rings. The lowest BCUT2D eigenvalue weighted by Crippen LogP contribution is -2.38.